The lowest BCUT2D eigenvalue weighted by Crippen LogP contribution is -2.33. The van der Waals surface area contributed by atoms with Gasteiger partial charge in [-0.05, 0) is 31.7 Å². The fourth-order valence-electron chi connectivity index (χ4n) is 4.10. The molecular formula is C23H23N5O2S. The lowest BCUT2D eigenvalue weighted by atomic mass is 10.1. The van der Waals surface area contributed by atoms with Gasteiger partial charge in [0.05, 0.1) is 11.1 Å². The molecule has 0 unspecified atom stereocenters. The number of fused-ring (bicyclic) bond motifs is 2. The molecule has 1 aliphatic rings. The molecular weight excluding hydrogens is 410 g/mol. The average molecular weight is 434 g/mol. The van der Waals surface area contributed by atoms with Crippen molar-refractivity contribution < 1.29 is 4.79 Å². The normalized spacial score (nSPS) is 13.7. The maximum Gasteiger partial charge on any atom is 0.290 e. The number of thiophene rings is 1. The molecule has 8 heteroatoms. The van der Waals surface area contributed by atoms with E-state index >= 15 is 0 Å². The molecule has 0 spiro atoms. The minimum atomic E-state index is -0.387. The maximum absolute atomic E-state index is 13.2. The summed E-state index contributed by atoms with van der Waals surface area (Å²) in [5.41, 5.74) is 4.73. The molecule has 0 bridgehead atoms. The Hall–Kier alpha value is -3.26. The van der Waals surface area contributed by atoms with Crippen LogP contribution in [-0.4, -0.2) is 25.1 Å². The van der Waals surface area contributed by atoms with E-state index < -0.39 is 0 Å². The van der Waals surface area contributed by atoms with Crippen molar-refractivity contribution in [3.8, 4) is 11.4 Å². The van der Waals surface area contributed by atoms with E-state index in [1.54, 1.807) is 0 Å². The van der Waals surface area contributed by atoms with E-state index in [4.69, 9.17) is 4.98 Å². The van der Waals surface area contributed by atoms with Gasteiger partial charge in [0.1, 0.15) is 17.0 Å². The highest BCUT2D eigenvalue weighted by Crippen LogP contribution is 2.27. The van der Waals surface area contributed by atoms with Crippen LogP contribution in [0.3, 0.4) is 0 Å². The topological polar surface area (TPSA) is 81.8 Å². The van der Waals surface area contributed by atoms with E-state index in [0.29, 0.717) is 15.9 Å². The largest absolute Gasteiger partial charge is 0.327 e. The Morgan fingerprint density at radius 1 is 1.19 bits per heavy atom. The number of hydrogen-bond acceptors (Lipinski definition) is 5. The summed E-state index contributed by atoms with van der Waals surface area (Å²) in [6.45, 7) is 2.88. The van der Waals surface area contributed by atoms with Gasteiger partial charge in [-0.1, -0.05) is 43.7 Å². The van der Waals surface area contributed by atoms with Crippen LogP contribution in [0.4, 0.5) is 0 Å². The van der Waals surface area contributed by atoms with Gasteiger partial charge in [0.2, 0.25) is 0 Å². The fourth-order valence-corrected chi connectivity index (χ4v) is 5.02. The number of benzene rings is 1. The summed E-state index contributed by atoms with van der Waals surface area (Å²) >= 11 is 1.50. The van der Waals surface area contributed by atoms with Gasteiger partial charge in [0.25, 0.3) is 11.5 Å². The molecule has 0 saturated heterocycles. The number of nitrogens with zero attached hydrogens (tertiary/aromatic N) is 4. The quantitative estimate of drug-likeness (QED) is 0.528. The molecule has 1 aliphatic heterocycles. The van der Waals surface area contributed by atoms with Gasteiger partial charge in [-0.15, -0.1) is 11.3 Å². The van der Waals surface area contributed by atoms with Gasteiger partial charge in [-0.25, -0.2) is 14.6 Å². The molecule has 1 N–H and O–H groups in total. The molecule has 4 heterocycles. The predicted molar refractivity (Wildman–Crippen MR) is 122 cm³/mol. The standard InChI is InChI=1S/C23H23N5O2S/c1-2-16-13-17-22(31-16)24-14-28(23(17)30)26-21(29)19-18-11-7-4-8-12-27(18)20(25-19)15-9-5-3-6-10-15/h3,5-6,9-10,13-14H,2,4,7-8,11-12H2,1H3,(H,26,29). The van der Waals surface area contributed by atoms with Crippen LogP contribution in [0.15, 0.2) is 47.5 Å². The number of aryl methyl sites for hydroxylation is 1. The van der Waals surface area contributed by atoms with Crippen LogP contribution in [0.25, 0.3) is 21.6 Å². The lowest BCUT2D eigenvalue weighted by Gasteiger charge is -2.09. The second-order valence-corrected chi connectivity index (χ2v) is 8.82. The van der Waals surface area contributed by atoms with Crippen LogP contribution in [0, 0.1) is 0 Å². The highest BCUT2D eigenvalue weighted by Gasteiger charge is 2.25. The zero-order valence-corrected chi connectivity index (χ0v) is 18.1. The fraction of sp³-hybridized carbons (Fsp3) is 0.304. The molecule has 0 fully saturated rings. The molecule has 7 nitrogen and oxygen atoms in total. The Labute approximate surface area is 183 Å². The molecule has 0 aliphatic carbocycles. The maximum atomic E-state index is 13.2. The summed E-state index contributed by atoms with van der Waals surface area (Å²) < 4.78 is 3.33. The number of imidazole rings is 1. The number of amides is 1. The minimum Gasteiger partial charge on any atom is -0.327 e. The van der Waals surface area contributed by atoms with Gasteiger partial charge in [-0.3, -0.25) is 15.0 Å². The van der Waals surface area contributed by atoms with Crippen molar-refractivity contribution in [2.24, 2.45) is 0 Å². The van der Waals surface area contributed by atoms with E-state index in [1.165, 1.54) is 22.3 Å². The average Bonchev–Trinajstić information content (AvgIpc) is 3.30. The number of hydrogen-bond donors (Lipinski definition) is 1. The van der Waals surface area contributed by atoms with E-state index in [-0.39, 0.29) is 11.5 Å². The molecule has 1 amide bonds. The zero-order valence-electron chi connectivity index (χ0n) is 17.3. The summed E-state index contributed by atoms with van der Waals surface area (Å²) in [6.07, 6.45) is 6.21. The Balaban J connectivity index is 1.54. The Morgan fingerprint density at radius 3 is 2.84 bits per heavy atom. The van der Waals surface area contributed by atoms with Crippen LogP contribution in [0.2, 0.25) is 0 Å². The molecule has 158 valence electrons. The van der Waals surface area contributed by atoms with Crippen molar-refractivity contribution in [2.45, 2.75) is 45.6 Å². The van der Waals surface area contributed by atoms with Crippen molar-refractivity contribution in [2.75, 3.05) is 5.43 Å². The summed E-state index contributed by atoms with van der Waals surface area (Å²) in [5, 5.41) is 0.526. The Morgan fingerprint density at radius 2 is 2.03 bits per heavy atom. The first-order chi connectivity index (χ1) is 15.2. The first-order valence-corrected chi connectivity index (χ1v) is 11.4. The van der Waals surface area contributed by atoms with Crippen LogP contribution in [0.1, 0.15) is 47.2 Å². The monoisotopic (exact) mass is 433 g/mol. The smallest absolute Gasteiger partial charge is 0.290 e. The SMILES string of the molecule is CCc1cc2c(=O)n(NC(=O)c3nc(-c4ccccc4)n4c3CCCCC4)cnc2s1. The van der Waals surface area contributed by atoms with Gasteiger partial charge in [-0.2, -0.15) is 0 Å². The third-order valence-electron chi connectivity index (χ3n) is 5.69. The van der Waals surface area contributed by atoms with Crippen LogP contribution < -0.4 is 11.0 Å². The number of nitrogens with one attached hydrogen (secondary N) is 1. The second-order valence-electron chi connectivity index (χ2n) is 7.70. The third-order valence-corrected chi connectivity index (χ3v) is 6.88. The van der Waals surface area contributed by atoms with Crippen LogP contribution >= 0.6 is 11.3 Å². The number of aromatic nitrogens is 4. The first kappa shape index (κ1) is 19.7. The van der Waals surface area contributed by atoms with E-state index in [0.717, 1.165) is 60.6 Å². The summed E-state index contributed by atoms with van der Waals surface area (Å²) in [6, 6.07) is 11.8. The number of carbonyl (C=O) groups excluding carboxylic acids is 1. The molecule has 0 radical (unpaired) electrons. The zero-order chi connectivity index (χ0) is 21.4. The van der Waals surface area contributed by atoms with Crippen molar-refractivity contribution in [3.05, 3.63) is 69.3 Å². The van der Waals surface area contributed by atoms with Crippen molar-refractivity contribution >= 4 is 27.5 Å². The Bertz CT molecular complexity index is 1320. The first-order valence-electron chi connectivity index (χ1n) is 10.6. The second kappa shape index (κ2) is 8.11. The van der Waals surface area contributed by atoms with E-state index in [2.05, 4.69) is 15.0 Å². The van der Waals surface area contributed by atoms with Gasteiger partial charge in [0, 0.05) is 17.0 Å². The molecule has 1 aromatic carbocycles. The van der Waals surface area contributed by atoms with E-state index in [1.807, 2.05) is 43.3 Å². The Kier molecular flexibility index (Phi) is 5.15. The molecule has 3 aromatic heterocycles. The summed E-state index contributed by atoms with van der Waals surface area (Å²) in [7, 11) is 0. The molecule has 31 heavy (non-hydrogen) atoms. The molecule has 0 saturated carbocycles. The van der Waals surface area contributed by atoms with E-state index in [9.17, 15) is 9.59 Å². The van der Waals surface area contributed by atoms with Crippen molar-refractivity contribution in [1.82, 2.24) is 19.2 Å². The predicted octanol–water partition coefficient (Wildman–Crippen LogP) is 3.99. The van der Waals surface area contributed by atoms with Crippen LogP contribution in [0.5, 0.6) is 0 Å². The van der Waals surface area contributed by atoms with Gasteiger partial charge in [0.15, 0.2) is 5.69 Å². The van der Waals surface area contributed by atoms with Crippen molar-refractivity contribution in [1.29, 1.82) is 0 Å². The highest BCUT2D eigenvalue weighted by atomic mass is 32.1. The summed E-state index contributed by atoms with van der Waals surface area (Å²) in [5.74, 6) is 0.413. The molecule has 5 rings (SSSR count). The molecule has 4 aromatic rings. The number of carbonyl (C=O) groups is 1. The van der Waals surface area contributed by atoms with Crippen LogP contribution in [-0.2, 0) is 19.4 Å². The third kappa shape index (κ3) is 3.57. The minimum absolute atomic E-state index is 0.275. The number of rotatable bonds is 4. The highest BCUT2D eigenvalue weighted by molar-refractivity contribution is 7.18. The lowest BCUT2D eigenvalue weighted by molar-refractivity contribution is 0.100. The van der Waals surface area contributed by atoms with Gasteiger partial charge < -0.3 is 4.57 Å². The summed E-state index contributed by atoms with van der Waals surface area (Å²) in [4.78, 5) is 37.0. The molecule has 0 atom stereocenters. The van der Waals surface area contributed by atoms with Gasteiger partial charge >= 0.3 is 0 Å². The van der Waals surface area contributed by atoms with Crippen molar-refractivity contribution in [3.63, 3.8) is 0 Å².